The SMILES string of the molecule is CN=C(NCCc1cc(F)ccc1F)NC1CCN(C(=O)C(C)C)CC1. The smallest absolute Gasteiger partial charge is 0.225 e. The average molecular weight is 366 g/mol. The van der Waals surface area contributed by atoms with E-state index in [4.69, 9.17) is 0 Å². The van der Waals surface area contributed by atoms with Gasteiger partial charge in [-0.25, -0.2) is 8.78 Å². The molecule has 1 amide bonds. The molecule has 144 valence electrons. The number of guanidine groups is 1. The summed E-state index contributed by atoms with van der Waals surface area (Å²) in [6.45, 7) is 5.75. The van der Waals surface area contributed by atoms with E-state index in [0.717, 1.165) is 38.1 Å². The Hall–Kier alpha value is -2.18. The largest absolute Gasteiger partial charge is 0.356 e. The molecular formula is C19H28F2N4O. The van der Waals surface area contributed by atoms with Gasteiger partial charge in [0.25, 0.3) is 0 Å². The van der Waals surface area contributed by atoms with E-state index in [0.29, 0.717) is 24.5 Å². The van der Waals surface area contributed by atoms with Gasteiger partial charge in [-0.05, 0) is 43.0 Å². The molecule has 2 rings (SSSR count). The summed E-state index contributed by atoms with van der Waals surface area (Å²) in [5.74, 6) is 0.0145. The third-order valence-corrected chi connectivity index (χ3v) is 4.56. The molecular weight excluding hydrogens is 338 g/mol. The monoisotopic (exact) mass is 366 g/mol. The molecule has 1 aliphatic rings. The highest BCUT2D eigenvalue weighted by Crippen LogP contribution is 2.13. The highest BCUT2D eigenvalue weighted by molar-refractivity contribution is 5.80. The van der Waals surface area contributed by atoms with Gasteiger partial charge in [0.2, 0.25) is 5.91 Å². The Morgan fingerprint density at radius 2 is 2.00 bits per heavy atom. The fourth-order valence-corrected chi connectivity index (χ4v) is 3.05. The van der Waals surface area contributed by atoms with Crippen LogP contribution in [0.1, 0.15) is 32.3 Å². The summed E-state index contributed by atoms with van der Waals surface area (Å²) in [5.41, 5.74) is 0.341. The van der Waals surface area contributed by atoms with E-state index in [1.807, 2.05) is 18.7 Å². The first-order valence-electron chi connectivity index (χ1n) is 9.10. The summed E-state index contributed by atoms with van der Waals surface area (Å²) in [5, 5.41) is 6.47. The number of likely N-dealkylation sites (tertiary alicyclic amines) is 1. The van der Waals surface area contributed by atoms with E-state index in [-0.39, 0.29) is 17.9 Å². The molecule has 0 unspecified atom stereocenters. The van der Waals surface area contributed by atoms with E-state index in [9.17, 15) is 13.6 Å². The van der Waals surface area contributed by atoms with Crippen LogP contribution in [0, 0.1) is 17.6 Å². The lowest BCUT2D eigenvalue weighted by Gasteiger charge is -2.34. The quantitative estimate of drug-likeness (QED) is 0.621. The number of aliphatic imine (C=N–C) groups is 1. The molecule has 1 aromatic rings. The molecule has 0 aromatic heterocycles. The van der Waals surface area contributed by atoms with Crippen LogP contribution >= 0.6 is 0 Å². The van der Waals surface area contributed by atoms with Crippen LogP contribution < -0.4 is 10.6 Å². The van der Waals surface area contributed by atoms with Crippen molar-refractivity contribution in [3.05, 3.63) is 35.4 Å². The van der Waals surface area contributed by atoms with Crippen LogP contribution in [-0.2, 0) is 11.2 Å². The van der Waals surface area contributed by atoms with E-state index in [1.165, 1.54) is 6.07 Å². The van der Waals surface area contributed by atoms with Crippen LogP contribution in [0.4, 0.5) is 8.78 Å². The zero-order chi connectivity index (χ0) is 19.1. The summed E-state index contributed by atoms with van der Waals surface area (Å²) in [6.07, 6.45) is 2.08. The van der Waals surface area contributed by atoms with Crippen molar-refractivity contribution in [1.29, 1.82) is 0 Å². The van der Waals surface area contributed by atoms with Crippen molar-refractivity contribution >= 4 is 11.9 Å². The maximum Gasteiger partial charge on any atom is 0.225 e. The number of hydrogen-bond donors (Lipinski definition) is 2. The number of halogens is 2. The van der Waals surface area contributed by atoms with Gasteiger partial charge in [-0.1, -0.05) is 13.8 Å². The van der Waals surface area contributed by atoms with Gasteiger partial charge in [0.05, 0.1) is 0 Å². The number of hydrogen-bond acceptors (Lipinski definition) is 2. The standard InChI is InChI=1S/C19H28F2N4O/c1-13(2)18(26)25-10-7-16(8-11-25)24-19(22-3)23-9-6-14-12-15(20)4-5-17(14)21/h4-5,12-13,16H,6-11H2,1-3H3,(H2,22,23,24). The predicted octanol–water partition coefficient (Wildman–Crippen LogP) is 2.32. The normalized spacial score (nSPS) is 16.1. The Morgan fingerprint density at radius 1 is 1.31 bits per heavy atom. The predicted molar refractivity (Wildman–Crippen MR) is 99.0 cm³/mol. The second kappa shape index (κ2) is 9.50. The second-order valence-electron chi connectivity index (χ2n) is 6.88. The van der Waals surface area contributed by atoms with Gasteiger partial charge in [0.1, 0.15) is 11.6 Å². The summed E-state index contributed by atoms with van der Waals surface area (Å²) in [7, 11) is 1.68. The Morgan fingerprint density at radius 3 is 2.62 bits per heavy atom. The summed E-state index contributed by atoms with van der Waals surface area (Å²) in [4.78, 5) is 18.1. The van der Waals surface area contributed by atoms with Crippen LogP contribution in [0.25, 0.3) is 0 Å². The van der Waals surface area contributed by atoms with E-state index >= 15 is 0 Å². The van der Waals surface area contributed by atoms with E-state index in [1.54, 1.807) is 7.05 Å². The van der Waals surface area contributed by atoms with E-state index < -0.39 is 11.6 Å². The van der Waals surface area contributed by atoms with Crippen LogP contribution in [0.3, 0.4) is 0 Å². The molecule has 0 bridgehead atoms. The molecule has 5 nitrogen and oxygen atoms in total. The number of carbonyl (C=O) groups is 1. The fraction of sp³-hybridized carbons (Fsp3) is 0.579. The van der Waals surface area contributed by atoms with Crippen molar-refractivity contribution in [3.63, 3.8) is 0 Å². The topological polar surface area (TPSA) is 56.7 Å². The van der Waals surface area contributed by atoms with Crippen LogP contribution in [0.2, 0.25) is 0 Å². The first-order valence-corrected chi connectivity index (χ1v) is 9.10. The van der Waals surface area contributed by atoms with Crippen molar-refractivity contribution < 1.29 is 13.6 Å². The lowest BCUT2D eigenvalue weighted by molar-refractivity contribution is -0.135. The summed E-state index contributed by atoms with van der Waals surface area (Å²) < 4.78 is 26.8. The van der Waals surface area contributed by atoms with Gasteiger partial charge in [0.15, 0.2) is 5.96 Å². The van der Waals surface area contributed by atoms with Gasteiger partial charge in [-0.2, -0.15) is 0 Å². The average Bonchev–Trinajstić information content (AvgIpc) is 2.63. The first kappa shape index (κ1) is 20.1. The Balaban J connectivity index is 1.76. The van der Waals surface area contributed by atoms with Gasteiger partial charge >= 0.3 is 0 Å². The van der Waals surface area contributed by atoms with Crippen molar-refractivity contribution in [2.75, 3.05) is 26.7 Å². The van der Waals surface area contributed by atoms with Gasteiger partial charge in [0, 0.05) is 38.6 Å². The minimum atomic E-state index is -0.438. The lowest BCUT2D eigenvalue weighted by Crippen LogP contribution is -2.50. The van der Waals surface area contributed by atoms with Gasteiger partial charge < -0.3 is 15.5 Å². The summed E-state index contributed by atoms with van der Waals surface area (Å²) in [6, 6.07) is 3.71. The molecule has 1 fully saturated rings. The number of nitrogens with one attached hydrogen (secondary N) is 2. The fourth-order valence-electron chi connectivity index (χ4n) is 3.05. The number of carbonyl (C=O) groups excluding carboxylic acids is 1. The van der Waals surface area contributed by atoms with Crippen molar-refractivity contribution in [2.45, 2.75) is 39.2 Å². The number of nitrogens with zero attached hydrogens (tertiary/aromatic N) is 2. The number of benzene rings is 1. The summed E-state index contributed by atoms with van der Waals surface area (Å²) >= 11 is 0. The number of piperidine rings is 1. The van der Waals surface area contributed by atoms with Crippen molar-refractivity contribution in [2.24, 2.45) is 10.9 Å². The third kappa shape index (κ3) is 5.68. The molecule has 2 N–H and O–H groups in total. The maximum absolute atomic E-state index is 13.6. The lowest BCUT2D eigenvalue weighted by atomic mass is 10.0. The molecule has 7 heteroatoms. The highest BCUT2D eigenvalue weighted by atomic mass is 19.1. The van der Waals surface area contributed by atoms with Crippen LogP contribution in [0.5, 0.6) is 0 Å². The minimum absolute atomic E-state index is 0.0251. The Labute approximate surface area is 153 Å². The van der Waals surface area contributed by atoms with Crippen LogP contribution in [0.15, 0.2) is 23.2 Å². The zero-order valence-electron chi connectivity index (χ0n) is 15.7. The van der Waals surface area contributed by atoms with Crippen molar-refractivity contribution in [1.82, 2.24) is 15.5 Å². The van der Waals surface area contributed by atoms with Gasteiger partial charge in [-0.3, -0.25) is 9.79 Å². The molecule has 26 heavy (non-hydrogen) atoms. The Kier molecular flexibility index (Phi) is 7.36. The van der Waals surface area contributed by atoms with E-state index in [2.05, 4.69) is 15.6 Å². The molecule has 1 aliphatic heterocycles. The minimum Gasteiger partial charge on any atom is -0.356 e. The van der Waals surface area contributed by atoms with Crippen LogP contribution in [-0.4, -0.2) is 49.5 Å². The number of rotatable bonds is 5. The maximum atomic E-state index is 13.6. The molecule has 0 saturated carbocycles. The number of amides is 1. The first-order chi connectivity index (χ1) is 12.4. The molecule has 0 atom stereocenters. The molecule has 0 spiro atoms. The highest BCUT2D eigenvalue weighted by Gasteiger charge is 2.24. The van der Waals surface area contributed by atoms with Gasteiger partial charge in [-0.15, -0.1) is 0 Å². The molecule has 1 saturated heterocycles. The molecule has 0 radical (unpaired) electrons. The Bertz CT molecular complexity index is 640. The molecule has 0 aliphatic carbocycles. The second-order valence-corrected chi connectivity index (χ2v) is 6.88. The molecule has 1 aromatic carbocycles. The zero-order valence-corrected chi connectivity index (χ0v) is 15.7. The molecule has 1 heterocycles. The third-order valence-electron chi connectivity index (χ3n) is 4.56. The van der Waals surface area contributed by atoms with Crippen molar-refractivity contribution in [3.8, 4) is 0 Å².